The van der Waals surface area contributed by atoms with Crippen molar-refractivity contribution in [2.24, 2.45) is 17.9 Å². The number of amides is 1. The lowest BCUT2D eigenvalue weighted by Gasteiger charge is -2.39. The molecular weight excluding hydrogens is 486 g/mol. The number of halogens is 1. The Hall–Kier alpha value is -1.60. The first-order valence-electron chi connectivity index (χ1n) is 11.2. The van der Waals surface area contributed by atoms with E-state index in [-0.39, 0.29) is 22.3 Å². The molecule has 1 saturated heterocycles. The number of aromatic nitrogens is 2. The Balaban J connectivity index is 1.46. The summed E-state index contributed by atoms with van der Waals surface area (Å²) < 4.78 is 2.60. The molecule has 2 fully saturated rings. The van der Waals surface area contributed by atoms with Crippen LogP contribution in [0.1, 0.15) is 56.9 Å². The maximum absolute atomic E-state index is 13.1. The molecule has 1 aromatic carbocycles. The summed E-state index contributed by atoms with van der Waals surface area (Å²) in [6, 6.07) is 8.32. The minimum absolute atomic E-state index is 0.0401. The van der Waals surface area contributed by atoms with E-state index in [4.69, 9.17) is 4.98 Å². The quantitative estimate of drug-likeness (QED) is 0.415. The van der Waals surface area contributed by atoms with Crippen LogP contribution in [0.15, 0.2) is 38.7 Å². The summed E-state index contributed by atoms with van der Waals surface area (Å²) in [4.78, 5) is 33.0. The number of carbonyl (C=O) groups is 1. The topological polar surface area (TPSA) is 55.2 Å². The third-order valence-corrected chi connectivity index (χ3v) is 8.45. The Morgan fingerprint density at radius 1 is 1.22 bits per heavy atom. The van der Waals surface area contributed by atoms with E-state index in [9.17, 15) is 9.59 Å². The number of nitrogens with zero attached hydrogens (tertiary/aromatic N) is 3. The molecule has 2 heterocycles. The first kappa shape index (κ1) is 23.6. The zero-order valence-electron chi connectivity index (χ0n) is 19.6. The second kappa shape index (κ2) is 8.64. The molecule has 4 rings (SSSR count). The molecule has 2 aromatic rings. The predicted molar refractivity (Wildman–Crippen MR) is 133 cm³/mol. The SMILES string of the molecule is Cc1nc(SCC(=O)N2CC3(C)CC2CC(C)(C)C3)n(C)c(=O)c1Cc1ccc(Br)cc1. The number of hydrogen-bond donors (Lipinski definition) is 0. The number of benzene rings is 1. The number of aryl methyl sites for hydroxylation is 1. The zero-order valence-corrected chi connectivity index (χ0v) is 22.0. The molecule has 2 atom stereocenters. The smallest absolute Gasteiger partial charge is 0.257 e. The molecule has 2 aliphatic rings. The Bertz CT molecular complexity index is 1100. The van der Waals surface area contributed by atoms with Gasteiger partial charge in [-0.1, -0.05) is 60.6 Å². The molecule has 1 aliphatic carbocycles. The van der Waals surface area contributed by atoms with Crippen LogP contribution in [0.25, 0.3) is 0 Å². The van der Waals surface area contributed by atoms with Gasteiger partial charge in [0.1, 0.15) is 0 Å². The van der Waals surface area contributed by atoms with Gasteiger partial charge in [0.05, 0.1) is 5.75 Å². The van der Waals surface area contributed by atoms with Crippen molar-refractivity contribution < 1.29 is 4.79 Å². The molecule has 5 nitrogen and oxygen atoms in total. The van der Waals surface area contributed by atoms with Crippen molar-refractivity contribution in [3.8, 4) is 0 Å². The zero-order chi connectivity index (χ0) is 23.3. The summed E-state index contributed by atoms with van der Waals surface area (Å²) in [7, 11) is 1.75. The molecule has 2 unspecified atom stereocenters. The first-order valence-corrected chi connectivity index (χ1v) is 13.0. The maximum atomic E-state index is 13.1. The van der Waals surface area contributed by atoms with Gasteiger partial charge in [-0.3, -0.25) is 14.2 Å². The van der Waals surface area contributed by atoms with Crippen LogP contribution in [0.5, 0.6) is 0 Å². The third kappa shape index (κ3) is 4.84. The van der Waals surface area contributed by atoms with Gasteiger partial charge < -0.3 is 4.90 Å². The minimum Gasteiger partial charge on any atom is -0.338 e. The molecule has 0 spiro atoms. The highest BCUT2D eigenvalue weighted by Gasteiger charge is 2.50. The molecule has 1 aliphatic heterocycles. The summed E-state index contributed by atoms with van der Waals surface area (Å²) in [6.45, 7) is 9.68. The highest BCUT2D eigenvalue weighted by molar-refractivity contribution is 9.10. The van der Waals surface area contributed by atoms with Gasteiger partial charge in [-0.15, -0.1) is 0 Å². The summed E-state index contributed by atoms with van der Waals surface area (Å²) in [5.74, 6) is 0.478. The predicted octanol–water partition coefficient (Wildman–Crippen LogP) is 4.96. The number of carbonyl (C=O) groups excluding carboxylic acids is 1. The number of hydrogen-bond acceptors (Lipinski definition) is 4. The highest BCUT2D eigenvalue weighted by atomic mass is 79.9. The minimum atomic E-state index is -0.0401. The van der Waals surface area contributed by atoms with Gasteiger partial charge in [-0.05, 0) is 54.7 Å². The molecule has 7 heteroatoms. The largest absolute Gasteiger partial charge is 0.338 e. The molecular formula is C25H32BrN3O2S. The van der Waals surface area contributed by atoms with Crippen LogP contribution in [0, 0.1) is 17.8 Å². The summed E-state index contributed by atoms with van der Waals surface area (Å²) >= 11 is 4.82. The fourth-order valence-electron chi connectivity index (χ4n) is 5.83. The third-order valence-electron chi connectivity index (χ3n) is 6.90. The number of thioether (sulfide) groups is 1. The van der Waals surface area contributed by atoms with Crippen molar-refractivity contribution in [1.29, 1.82) is 0 Å². The Morgan fingerprint density at radius 3 is 2.59 bits per heavy atom. The van der Waals surface area contributed by atoms with Crippen LogP contribution in [0.2, 0.25) is 0 Å². The molecule has 0 N–H and O–H groups in total. The molecule has 1 amide bonds. The van der Waals surface area contributed by atoms with E-state index in [0.717, 1.165) is 35.1 Å². The van der Waals surface area contributed by atoms with Crippen molar-refractivity contribution in [3.05, 3.63) is 55.9 Å². The van der Waals surface area contributed by atoms with Crippen LogP contribution < -0.4 is 5.56 Å². The summed E-state index contributed by atoms with van der Waals surface area (Å²) in [6.07, 6.45) is 3.89. The van der Waals surface area contributed by atoms with Crippen LogP contribution in [0.4, 0.5) is 0 Å². The second-order valence-electron chi connectivity index (χ2n) is 10.6. The summed E-state index contributed by atoms with van der Waals surface area (Å²) in [5.41, 5.74) is 2.98. The molecule has 32 heavy (non-hydrogen) atoms. The van der Waals surface area contributed by atoms with Gasteiger partial charge >= 0.3 is 0 Å². The lowest BCUT2D eigenvalue weighted by atomic mass is 9.65. The van der Waals surface area contributed by atoms with Crippen molar-refractivity contribution in [2.45, 2.75) is 64.6 Å². The number of rotatable bonds is 5. The van der Waals surface area contributed by atoms with E-state index in [1.807, 2.05) is 31.2 Å². The van der Waals surface area contributed by atoms with Crippen molar-refractivity contribution in [2.75, 3.05) is 12.3 Å². The highest BCUT2D eigenvalue weighted by Crippen LogP contribution is 2.52. The monoisotopic (exact) mass is 517 g/mol. The Labute approximate surface area is 203 Å². The number of likely N-dealkylation sites (tertiary alicyclic amines) is 1. The van der Waals surface area contributed by atoms with E-state index in [1.54, 1.807) is 11.6 Å². The van der Waals surface area contributed by atoms with E-state index in [0.29, 0.717) is 28.9 Å². The normalized spacial score (nSPS) is 24.1. The van der Waals surface area contributed by atoms with Crippen LogP contribution in [-0.4, -0.2) is 38.7 Å². The molecule has 172 valence electrons. The maximum Gasteiger partial charge on any atom is 0.257 e. The van der Waals surface area contributed by atoms with Gasteiger partial charge in [-0.2, -0.15) is 0 Å². The molecule has 0 radical (unpaired) electrons. The van der Waals surface area contributed by atoms with E-state index in [1.165, 1.54) is 18.2 Å². The fourth-order valence-corrected chi connectivity index (χ4v) is 6.99. The summed E-state index contributed by atoms with van der Waals surface area (Å²) in [5, 5.41) is 0.606. The van der Waals surface area contributed by atoms with Gasteiger partial charge in [0.25, 0.3) is 5.56 Å². The van der Waals surface area contributed by atoms with Gasteiger partial charge in [0.2, 0.25) is 5.91 Å². The number of fused-ring (bicyclic) bond motifs is 2. The average Bonchev–Trinajstić information content (AvgIpc) is 2.96. The lowest BCUT2D eigenvalue weighted by Crippen LogP contribution is -2.38. The van der Waals surface area contributed by atoms with Gasteiger partial charge in [-0.25, -0.2) is 4.98 Å². The molecule has 1 aromatic heterocycles. The van der Waals surface area contributed by atoms with Crippen LogP contribution in [0.3, 0.4) is 0 Å². The Kier molecular flexibility index (Phi) is 6.36. The average molecular weight is 519 g/mol. The van der Waals surface area contributed by atoms with E-state index in [2.05, 4.69) is 41.6 Å². The van der Waals surface area contributed by atoms with Gasteiger partial charge in [0, 0.05) is 41.8 Å². The Morgan fingerprint density at radius 2 is 1.91 bits per heavy atom. The van der Waals surface area contributed by atoms with E-state index >= 15 is 0 Å². The first-order chi connectivity index (χ1) is 15.0. The molecule has 1 saturated carbocycles. The fraction of sp³-hybridized carbons (Fsp3) is 0.560. The second-order valence-corrected chi connectivity index (χ2v) is 12.5. The van der Waals surface area contributed by atoms with Crippen LogP contribution in [-0.2, 0) is 18.3 Å². The van der Waals surface area contributed by atoms with Crippen molar-refractivity contribution >= 4 is 33.6 Å². The van der Waals surface area contributed by atoms with Crippen LogP contribution >= 0.6 is 27.7 Å². The van der Waals surface area contributed by atoms with Crippen molar-refractivity contribution in [1.82, 2.24) is 14.5 Å². The van der Waals surface area contributed by atoms with Gasteiger partial charge in [0.15, 0.2) is 5.16 Å². The van der Waals surface area contributed by atoms with Crippen molar-refractivity contribution in [3.63, 3.8) is 0 Å². The standard InChI is InChI=1S/C25H32BrN3O2S/c1-16-20(10-17-6-8-18(26)9-7-17)22(31)28(5)23(27-16)32-13-21(30)29-15-25(4)12-19(29)11-24(2,3)14-25/h6-9,19H,10-15H2,1-5H3. The molecule has 2 bridgehead atoms. The lowest BCUT2D eigenvalue weighted by molar-refractivity contribution is -0.129. The van der Waals surface area contributed by atoms with E-state index < -0.39 is 0 Å².